The SMILES string of the molecule is CCc1nnc(Nc2cccc(C3CN(C(=O)Cc4ccc(C)c(C)c4)CCO3)n2)s1. The molecule has 1 fully saturated rings. The summed E-state index contributed by atoms with van der Waals surface area (Å²) < 4.78 is 5.95. The number of morpholine rings is 1. The average molecular weight is 438 g/mol. The van der Waals surface area contributed by atoms with Crippen LogP contribution in [0.5, 0.6) is 0 Å². The number of carbonyl (C=O) groups is 1. The van der Waals surface area contributed by atoms with Gasteiger partial charge >= 0.3 is 0 Å². The number of rotatable bonds is 6. The van der Waals surface area contributed by atoms with Crippen molar-refractivity contribution in [2.24, 2.45) is 0 Å². The summed E-state index contributed by atoms with van der Waals surface area (Å²) >= 11 is 1.52. The van der Waals surface area contributed by atoms with Crippen LogP contribution in [0.4, 0.5) is 10.9 Å². The lowest BCUT2D eigenvalue weighted by atomic mass is 10.0. The molecule has 162 valence electrons. The number of carbonyl (C=O) groups excluding carboxylic acids is 1. The van der Waals surface area contributed by atoms with E-state index in [0.29, 0.717) is 31.9 Å². The molecule has 0 bridgehead atoms. The molecular weight excluding hydrogens is 410 g/mol. The predicted octanol–water partition coefficient (Wildman–Crippen LogP) is 4.00. The highest BCUT2D eigenvalue weighted by atomic mass is 32.1. The number of hydrogen-bond donors (Lipinski definition) is 1. The van der Waals surface area contributed by atoms with Gasteiger partial charge in [0.05, 0.1) is 25.3 Å². The zero-order valence-corrected chi connectivity index (χ0v) is 18.9. The molecule has 1 aliphatic rings. The van der Waals surface area contributed by atoms with Gasteiger partial charge in [0.1, 0.15) is 16.9 Å². The van der Waals surface area contributed by atoms with Crippen LogP contribution in [0.1, 0.15) is 40.4 Å². The number of aromatic nitrogens is 3. The van der Waals surface area contributed by atoms with Gasteiger partial charge in [-0.1, -0.05) is 42.5 Å². The largest absolute Gasteiger partial charge is 0.368 e. The standard InChI is InChI=1S/C23H27N5O2S/c1-4-21-26-27-23(31-21)25-20-7-5-6-18(24-20)19-14-28(10-11-30-19)22(29)13-17-9-8-15(2)16(3)12-17/h5-9,12,19H,4,10-11,13-14H2,1-3H3,(H,24,25,27). The fourth-order valence-corrected chi connectivity index (χ4v) is 4.20. The zero-order valence-electron chi connectivity index (χ0n) is 18.1. The molecule has 8 heteroatoms. The van der Waals surface area contributed by atoms with E-state index in [2.05, 4.69) is 48.4 Å². The van der Waals surface area contributed by atoms with Crippen molar-refractivity contribution in [1.82, 2.24) is 20.1 Å². The first-order valence-corrected chi connectivity index (χ1v) is 11.4. The second-order valence-electron chi connectivity index (χ2n) is 7.72. The van der Waals surface area contributed by atoms with Crippen LogP contribution in [0.25, 0.3) is 0 Å². The Bertz CT molecular complexity index is 1070. The van der Waals surface area contributed by atoms with E-state index in [4.69, 9.17) is 9.72 Å². The molecule has 0 aliphatic carbocycles. The summed E-state index contributed by atoms with van der Waals surface area (Å²) in [6.45, 7) is 7.81. The molecular formula is C23H27N5O2S. The minimum atomic E-state index is -0.250. The molecule has 0 spiro atoms. The van der Waals surface area contributed by atoms with Crippen LogP contribution in [-0.4, -0.2) is 45.7 Å². The molecule has 1 N–H and O–H groups in total. The second kappa shape index (κ2) is 9.53. The van der Waals surface area contributed by atoms with Crippen molar-refractivity contribution in [2.45, 2.75) is 39.7 Å². The van der Waals surface area contributed by atoms with E-state index >= 15 is 0 Å². The molecule has 0 radical (unpaired) electrons. The van der Waals surface area contributed by atoms with Crippen molar-refractivity contribution in [1.29, 1.82) is 0 Å². The highest BCUT2D eigenvalue weighted by Crippen LogP contribution is 2.25. The lowest BCUT2D eigenvalue weighted by Crippen LogP contribution is -2.43. The highest BCUT2D eigenvalue weighted by Gasteiger charge is 2.26. The molecule has 1 saturated heterocycles. The Morgan fingerprint density at radius 1 is 1.23 bits per heavy atom. The minimum absolute atomic E-state index is 0.117. The maximum absolute atomic E-state index is 12.9. The third kappa shape index (κ3) is 5.26. The third-order valence-corrected chi connectivity index (χ3v) is 6.43. The number of amides is 1. The lowest BCUT2D eigenvalue weighted by molar-refractivity contribution is -0.138. The van der Waals surface area contributed by atoms with E-state index in [1.54, 1.807) is 0 Å². The first-order chi connectivity index (χ1) is 15.0. The van der Waals surface area contributed by atoms with Crippen LogP contribution in [0.3, 0.4) is 0 Å². The Labute approximate surface area is 186 Å². The van der Waals surface area contributed by atoms with Gasteiger partial charge < -0.3 is 15.0 Å². The number of nitrogens with zero attached hydrogens (tertiary/aromatic N) is 4. The van der Waals surface area contributed by atoms with Gasteiger partial charge in [-0.3, -0.25) is 4.79 Å². The van der Waals surface area contributed by atoms with Gasteiger partial charge in [-0.2, -0.15) is 0 Å². The predicted molar refractivity (Wildman–Crippen MR) is 122 cm³/mol. The van der Waals surface area contributed by atoms with E-state index in [1.807, 2.05) is 29.2 Å². The van der Waals surface area contributed by atoms with Crippen molar-refractivity contribution in [3.05, 3.63) is 63.8 Å². The minimum Gasteiger partial charge on any atom is -0.368 e. The van der Waals surface area contributed by atoms with Crippen molar-refractivity contribution in [2.75, 3.05) is 25.0 Å². The molecule has 1 aromatic carbocycles. The van der Waals surface area contributed by atoms with Crippen molar-refractivity contribution in [3.8, 4) is 0 Å². The number of nitrogens with one attached hydrogen (secondary N) is 1. The van der Waals surface area contributed by atoms with Gasteiger partial charge in [0.2, 0.25) is 11.0 Å². The normalized spacial score (nSPS) is 16.4. The number of hydrogen-bond acceptors (Lipinski definition) is 7. The Morgan fingerprint density at radius 3 is 2.87 bits per heavy atom. The Kier molecular flexibility index (Phi) is 6.58. The molecule has 2 aromatic heterocycles. The van der Waals surface area contributed by atoms with Crippen LogP contribution in [-0.2, 0) is 22.4 Å². The van der Waals surface area contributed by atoms with E-state index in [-0.39, 0.29) is 12.0 Å². The maximum atomic E-state index is 12.9. The summed E-state index contributed by atoms with van der Waals surface area (Å²) in [4.78, 5) is 19.5. The average Bonchev–Trinajstić information content (AvgIpc) is 3.24. The monoisotopic (exact) mass is 437 g/mol. The van der Waals surface area contributed by atoms with Crippen LogP contribution in [0.2, 0.25) is 0 Å². The number of pyridine rings is 1. The molecule has 1 unspecified atom stereocenters. The number of ether oxygens (including phenoxy) is 1. The fraction of sp³-hybridized carbons (Fsp3) is 0.391. The van der Waals surface area contributed by atoms with Crippen molar-refractivity contribution < 1.29 is 9.53 Å². The van der Waals surface area contributed by atoms with Crippen LogP contribution < -0.4 is 5.32 Å². The molecule has 4 rings (SSSR count). The summed E-state index contributed by atoms with van der Waals surface area (Å²) in [6.07, 6.45) is 1.01. The van der Waals surface area contributed by atoms with Crippen molar-refractivity contribution in [3.63, 3.8) is 0 Å². The van der Waals surface area contributed by atoms with Gasteiger partial charge in [0, 0.05) is 6.54 Å². The van der Waals surface area contributed by atoms with Crippen molar-refractivity contribution >= 4 is 28.2 Å². The van der Waals surface area contributed by atoms with E-state index in [0.717, 1.165) is 27.8 Å². The van der Waals surface area contributed by atoms with Gasteiger partial charge in [-0.05, 0) is 49.1 Å². The highest BCUT2D eigenvalue weighted by molar-refractivity contribution is 7.15. The molecule has 1 atom stereocenters. The Balaban J connectivity index is 1.41. The smallest absolute Gasteiger partial charge is 0.227 e. The molecule has 3 aromatic rings. The van der Waals surface area contributed by atoms with E-state index in [9.17, 15) is 4.79 Å². The van der Waals surface area contributed by atoms with E-state index < -0.39 is 0 Å². The lowest BCUT2D eigenvalue weighted by Gasteiger charge is -2.33. The number of anilines is 2. The first kappa shape index (κ1) is 21.4. The maximum Gasteiger partial charge on any atom is 0.227 e. The summed E-state index contributed by atoms with van der Waals surface area (Å²) in [5.41, 5.74) is 4.29. The first-order valence-electron chi connectivity index (χ1n) is 10.5. The van der Waals surface area contributed by atoms with Gasteiger partial charge in [-0.15, -0.1) is 10.2 Å². The van der Waals surface area contributed by atoms with Crippen LogP contribution >= 0.6 is 11.3 Å². The molecule has 3 heterocycles. The quantitative estimate of drug-likeness (QED) is 0.628. The topological polar surface area (TPSA) is 80.2 Å². The second-order valence-corrected chi connectivity index (χ2v) is 8.78. The van der Waals surface area contributed by atoms with E-state index in [1.165, 1.54) is 22.5 Å². The van der Waals surface area contributed by atoms with Gasteiger partial charge in [-0.25, -0.2) is 4.98 Å². The zero-order chi connectivity index (χ0) is 21.8. The molecule has 0 saturated carbocycles. The molecule has 7 nitrogen and oxygen atoms in total. The summed E-state index contributed by atoms with van der Waals surface area (Å²) in [6, 6.07) is 12.0. The third-order valence-electron chi connectivity index (χ3n) is 5.45. The van der Waals surface area contributed by atoms with Crippen LogP contribution in [0, 0.1) is 13.8 Å². The molecule has 1 aliphatic heterocycles. The van der Waals surface area contributed by atoms with Crippen LogP contribution in [0.15, 0.2) is 36.4 Å². The Hall–Kier alpha value is -2.84. The summed E-state index contributed by atoms with van der Waals surface area (Å²) in [5, 5.41) is 13.2. The number of aryl methyl sites for hydroxylation is 3. The summed E-state index contributed by atoms with van der Waals surface area (Å²) in [5.74, 6) is 0.810. The fourth-order valence-electron chi connectivity index (χ4n) is 3.51. The summed E-state index contributed by atoms with van der Waals surface area (Å²) in [7, 11) is 0. The molecule has 31 heavy (non-hydrogen) atoms. The number of benzene rings is 1. The Morgan fingerprint density at radius 2 is 2.10 bits per heavy atom. The van der Waals surface area contributed by atoms with Gasteiger partial charge in [0.15, 0.2) is 0 Å². The molecule has 1 amide bonds. The van der Waals surface area contributed by atoms with Gasteiger partial charge in [0.25, 0.3) is 0 Å².